The number of amides is 1. The zero-order chi connectivity index (χ0) is 28.2. The minimum Gasteiger partial charge on any atom is -0.474 e. The molecule has 204 valence electrons. The number of carbonyl (C=O) groups excluding carboxylic acids is 2. The Kier molecular flexibility index (Phi) is 8.81. The molecule has 4 rings (SSSR count). The topological polar surface area (TPSA) is 115 Å². The van der Waals surface area contributed by atoms with Crippen molar-refractivity contribution >= 4 is 50.7 Å². The summed E-state index contributed by atoms with van der Waals surface area (Å²) in [5.74, 6) is -3.23. The number of halogens is 1. The molecule has 0 spiro atoms. The average molecular weight is 570 g/mol. The lowest BCUT2D eigenvalue weighted by molar-refractivity contribution is -0.148. The molecule has 0 bridgehead atoms. The standard InChI is InChI=1S/C28H28ClN3O6S/c1-30-15-17-31(18-16-30)39(37,38)23-11-7-20(8-12-23)9-14-26(33)24-13-10-21(29)19-25(24)32(27(34)28(35)36)22-5-3-2-4-6-22/h2-8,10-13,19H,9,14-18H2,1H3,(H,35,36). The first-order valence-electron chi connectivity index (χ1n) is 12.3. The molecule has 1 saturated heterocycles. The van der Waals surface area contributed by atoms with Gasteiger partial charge in [0.25, 0.3) is 0 Å². The fourth-order valence-corrected chi connectivity index (χ4v) is 5.95. The Morgan fingerprint density at radius 3 is 2.18 bits per heavy atom. The normalized spacial score (nSPS) is 14.6. The number of para-hydroxylation sites is 1. The number of hydrogen-bond acceptors (Lipinski definition) is 6. The monoisotopic (exact) mass is 569 g/mol. The molecule has 0 unspecified atom stereocenters. The highest BCUT2D eigenvalue weighted by atomic mass is 35.5. The Bertz CT molecular complexity index is 1470. The first-order valence-corrected chi connectivity index (χ1v) is 14.1. The number of anilines is 2. The van der Waals surface area contributed by atoms with Crippen molar-refractivity contribution in [2.45, 2.75) is 17.7 Å². The number of carboxylic acid groups (broad SMARTS) is 1. The molecule has 0 radical (unpaired) electrons. The number of aryl methyl sites for hydroxylation is 1. The molecule has 0 saturated carbocycles. The number of Topliss-reactive ketones (excluding diaryl/α,β-unsaturated/α-hetero) is 1. The van der Waals surface area contributed by atoms with Crippen LogP contribution in [-0.2, 0) is 26.0 Å². The predicted octanol–water partition coefficient (Wildman–Crippen LogP) is 3.84. The van der Waals surface area contributed by atoms with Crippen LogP contribution in [0, 0.1) is 0 Å². The Labute approximate surface area is 232 Å². The molecule has 39 heavy (non-hydrogen) atoms. The molecule has 3 aromatic rings. The van der Waals surface area contributed by atoms with E-state index in [1.807, 2.05) is 7.05 Å². The first-order chi connectivity index (χ1) is 18.6. The third kappa shape index (κ3) is 6.54. The molecule has 3 aromatic carbocycles. The number of rotatable bonds is 8. The van der Waals surface area contributed by atoms with Crippen LogP contribution in [0.1, 0.15) is 22.3 Å². The van der Waals surface area contributed by atoms with Crippen molar-refractivity contribution in [1.82, 2.24) is 9.21 Å². The number of likely N-dealkylation sites (N-methyl/N-ethyl adjacent to an activating group) is 1. The van der Waals surface area contributed by atoms with Crippen molar-refractivity contribution in [3.63, 3.8) is 0 Å². The Balaban J connectivity index is 1.53. The number of ketones is 1. The number of sulfonamides is 1. The fraction of sp³-hybridized carbons (Fsp3) is 0.250. The van der Waals surface area contributed by atoms with Gasteiger partial charge in [-0.2, -0.15) is 4.31 Å². The van der Waals surface area contributed by atoms with Gasteiger partial charge < -0.3 is 10.0 Å². The van der Waals surface area contributed by atoms with Gasteiger partial charge in [-0.25, -0.2) is 13.2 Å². The minimum absolute atomic E-state index is 0.0447. The van der Waals surface area contributed by atoms with Crippen LogP contribution in [0.15, 0.2) is 77.7 Å². The van der Waals surface area contributed by atoms with E-state index in [1.54, 1.807) is 54.6 Å². The molecule has 1 heterocycles. The van der Waals surface area contributed by atoms with E-state index in [1.165, 1.54) is 22.5 Å². The quantitative estimate of drug-likeness (QED) is 0.324. The highest BCUT2D eigenvalue weighted by Gasteiger charge is 2.29. The van der Waals surface area contributed by atoms with Gasteiger partial charge in [-0.1, -0.05) is 41.9 Å². The smallest absolute Gasteiger partial charge is 0.395 e. The van der Waals surface area contributed by atoms with Crippen molar-refractivity contribution in [2.75, 3.05) is 38.1 Å². The van der Waals surface area contributed by atoms with Crippen molar-refractivity contribution in [3.8, 4) is 0 Å². The second-order valence-corrected chi connectivity index (χ2v) is 11.6. The van der Waals surface area contributed by atoms with Crippen LogP contribution in [-0.4, -0.2) is 73.6 Å². The zero-order valence-corrected chi connectivity index (χ0v) is 22.9. The van der Waals surface area contributed by atoms with Gasteiger partial charge in [0.1, 0.15) is 0 Å². The van der Waals surface area contributed by atoms with Gasteiger partial charge in [-0.3, -0.25) is 14.5 Å². The van der Waals surface area contributed by atoms with E-state index in [-0.39, 0.29) is 39.1 Å². The number of piperazine rings is 1. The van der Waals surface area contributed by atoms with Crippen molar-refractivity contribution in [1.29, 1.82) is 0 Å². The lowest BCUT2D eigenvalue weighted by Gasteiger charge is -2.31. The summed E-state index contributed by atoms with van der Waals surface area (Å²) in [5, 5.41) is 9.68. The number of nitrogens with zero attached hydrogens (tertiary/aromatic N) is 3. The molecule has 11 heteroatoms. The van der Waals surface area contributed by atoms with E-state index in [9.17, 15) is 27.9 Å². The molecule has 0 aliphatic carbocycles. The summed E-state index contributed by atoms with van der Waals surface area (Å²) in [7, 11) is -1.64. The average Bonchev–Trinajstić information content (AvgIpc) is 2.93. The summed E-state index contributed by atoms with van der Waals surface area (Å²) in [6.07, 6.45) is 0.358. The molecular formula is C28H28ClN3O6S. The summed E-state index contributed by atoms with van der Waals surface area (Å²) in [4.78, 5) is 40.8. The van der Waals surface area contributed by atoms with E-state index >= 15 is 0 Å². The maximum absolute atomic E-state index is 13.3. The summed E-state index contributed by atoms with van der Waals surface area (Å²) in [6.45, 7) is 2.21. The van der Waals surface area contributed by atoms with Gasteiger partial charge >= 0.3 is 11.9 Å². The molecule has 1 aliphatic heterocycles. The summed E-state index contributed by atoms with van der Waals surface area (Å²) < 4.78 is 27.4. The van der Waals surface area contributed by atoms with E-state index in [4.69, 9.17) is 11.6 Å². The van der Waals surface area contributed by atoms with Gasteiger partial charge in [-0.05, 0) is 61.5 Å². The maximum atomic E-state index is 13.3. The number of carbonyl (C=O) groups is 3. The lowest BCUT2D eigenvalue weighted by Crippen LogP contribution is -2.46. The largest absolute Gasteiger partial charge is 0.474 e. The third-order valence-corrected chi connectivity index (χ3v) is 8.71. The number of benzene rings is 3. The van der Waals surface area contributed by atoms with E-state index in [0.29, 0.717) is 32.6 Å². The van der Waals surface area contributed by atoms with Crippen LogP contribution in [0.25, 0.3) is 0 Å². The van der Waals surface area contributed by atoms with Gasteiger partial charge in [0.05, 0.1) is 10.6 Å². The van der Waals surface area contributed by atoms with Crippen LogP contribution in [0.3, 0.4) is 0 Å². The second kappa shape index (κ2) is 12.1. The molecule has 9 nitrogen and oxygen atoms in total. The van der Waals surface area contributed by atoms with Gasteiger partial charge in [-0.15, -0.1) is 0 Å². The maximum Gasteiger partial charge on any atom is 0.395 e. The van der Waals surface area contributed by atoms with Gasteiger partial charge in [0.15, 0.2) is 5.78 Å². The van der Waals surface area contributed by atoms with E-state index in [0.717, 1.165) is 10.5 Å². The summed E-state index contributed by atoms with van der Waals surface area (Å²) >= 11 is 6.17. The highest BCUT2D eigenvalue weighted by Crippen LogP contribution is 2.32. The lowest BCUT2D eigenvalue weighted by atomic mass is 10.0. The number of hydrogen-bond donors (Lipinski definition) is 1. The molecule has 0 atom stereocenters. The van der Waals surface area contributed by atoms with Crippen molar-refractivity contribution < 1.29 is 27.9 Å². The third-order valence-electron chi connectivity index (χ3n) is 6.57. The van der Waals surface area contributed by atoms with Crippen LogP contribution < -0.4 is 4.90 Å². The molecule has 1 fully saturated rings. The van der Waals surface area contributed by atoms with E-state index < -0.39 is 21.9 Å². The first kappa shape index (κ1) is 28.4. The van der Waals surface area contributed by atoms with Gasteiger partial charge in [0.2, 0.25) is 10.0 Å². The number of carboxylic acids is 1. The van der Waals surface area contributed by atoms with Gasteiger partial charge in [0, 0.05) is 48.9 Å². The second-order valence-electron chi connectivity index (χ2n) is 9.22. The molecule has 1 aliphatic rings. The zero-order valence-electron chi connectivity index (χ0n) is 21.3. The SMILES string of the molecule is CN1CCN(S(=O)(=O)c2ccc(CCC(=O)c3ccc(Cl)cc3N(C(=O)C(=O)O)c3ccccc3)cc2)CC1. The predicted molar refractivity (Wildman–Crippen MR) is 148 cm³/mol. The molecule has 0 aromatic heterocycles. The highest BCUT2D eigenvalue weighted by molar-refractivity contribution is 7.89. The van der Waals surface area contributed by atoms with Crippen LogP contribution in [0.4, 0.5) is 11.4 Å². The molecular weight excluding hydrogens is 542 g/mol. The summed E-state index contributed by atoms with van der Waals surface area (Å²) in [5.41, 5.74) is 1.25. The Morgan fingerprint density at radius 2 is 1.56 bits per heavy atom. The van der Waals surface area contributed by atoms with Crippen molar-refractivity contribution in [2.24, 2.45) is 0 Å². The fourth-order valence-electron chi connectivity index (χ4n) is 4.36. The van der Waals surface area contributed by atoms with E-state index in [2.05, 4.69) is 4.90 Å². The Morgan fingerprint density at radius 1 is 0.923 bits per heavy atom. The van der Waals surface area contributed by atoms with Crippen LogP contribution in [0.2, 0.25) is 5.02 Å². The Hall–Kier alpha value is -3.57. The molecule has 1 N–H and O–H groups in total. The summed E-state index contributed by atoms with van der Waals surface area (Å²) in [6, 6.07) is 19.0. The van der Waals surface area contributed by atoms with Crippen LogP contribution in [0.5, 0.6) is 0 Å². The minimum atomic E-state index is -3.60. The number of aliphatic carboxylic acids is 1. The van der Waals surface area contributed by atoms with Crippen molar-refractivity contribution in [3.05, 3.63) is 88.9 Å². The molecule has 1 amide bonds. The van der Waals surface area contributed by atoms with Crippen LogP contribution >= 0.6 is 11.6 Å².